The van der Waals surface area contributed by atoms with Gasteiger partial charge in [0.15, 0.2) is 11.5 Å². The first-order valence-electron chi connectivity index (χ1n) is 9.34. The van der Waals surface area contributed by atoms with Gasteiger partial charge >= 0.3 is 0 Å². The Kier molecular flexibility index (Phi) is 8.08. The van der Waals surface area contributed by atoms with Crippen LogP contribution < -0.4 is 14.8 Å². The number of methoxy groups -OCH3 is 1. The molecule has 0 unspecified atom stereocenters. The van der Waals surface area contributed by atoms with E-state index in [1.165, 1.54) is 24.3 Å². The third kappa shape index (κ3) is 6.17. The lowest BCUT2D eigenvalue weighted by Crippen LogP contribution is -2.16. The van der Waals surface area contributed by atoms with Crippen LogP contribution in [0.1, 0.15) is 16.7 Å². The van der Waals surface area contributed by atoms with E-state index in [1.807, 2.05) is 12.1 Å². The maximum atomic E-state index is 13.2. The van der Waals surface area contributed by atoms with Gasteiger partial charge in [0.25, 0.3) is 0 Å². The summed E-state index contributed by atoms with van der Waals surface area (Å²) in [5.41, 5.74) is 2.77. The third-order valence-corrected chi connectivity index (χ3v) is 5.45. The van der Waals surface area contributed by atoms with Crippen molar-refractivity contribution in [3.05, 3.63) is 92.4 Å². The van der Waals surface area contributed by atoms with Gasteiger partial charge in [0.1, 0.15) is 18.2 Å². The van der Waals surface area contributed by atoms with Gasteiger partial charge < -0.3 is 14.8 Å². The van der Waals surface area contributed by atoms with Crippen LogP contribution in [0.25, 0.3) is 0 Å². The number of hydrogen-bond donors (Lipinski definition) is 1. The number of halogens is 4. The van der Waals surface area contributed by atoms with Crippen LogP contribution in [0.4, 0.5) is 8.78 Å². The molecule has 0 aromatic heterocycles. The predicted octanol–water partition coefficient (Wildman–Crippen LogP) is 6.30. The average molecular weight is 497 g/mol. The molecule has 0 saturated heterocycles. The highest BCUT2D eigenvalue weighted by molar-refractivity contribution is 9.10. The van der Waals surface area contributed by atoms with Crippen LogP contribution >= 0.6 is 27.5 Å². The van der Waals surface area contributed by atoms with E-state index in [0.717, 1.165) is 28.6 Å². The minimum absolute atomic E-state index is 0.184. The van der Waals surface area contributed by atoms with E-state index in [0.29, 0.717) is 28.6 Å². The summed E-state index contributed by atoms with van der Waals surface area (Å²) in [5, 5.41) is 3.68. The zero-order valence-electron chi connectivity index (χ0n) is 16.4. The first-order chi connectivity index (χ1) is 14.5. The van der Waals surface area contributed by atoms with E-state index < -0.39 is 5.82 Å². The SMILES string of the molecule is COc1cc(CNCCc2ccc(F)cc2)cc(Br)c1OCc1ccc(F)cc1Cl. The average Bonchev–Trinajstić information content (AvgIpc) is 2.72. The number of ether oxygens (including phenoxy) is 2. The van der Waals surface area contributed by atoms with E-state index >= 15 is 0 Å². The van der Waals surface area contributed by atoms with Gasteiger partial charge in [-0.2, -0.15) is 0 Å². The van der Waals surface area contributed by atoms with E-state index in [4.69, 9.17) is 21.1 Å². The Bertz CT molecular complexity index is 999. The number of nitrogens with one attached hydrogen (secondary N) is 1. The molecule has 7 heteroatoms. The number of rotatable bonds is 9. The molecule has 0 heterocycles. The molecule has 0 saturated carbocycles. The molecule has 0 aliphatic rings. The van der Waals surface area contributed by atoms with Gasteiger partial charge in [0, 0.05) is 12.1 Å². The van der Waals surface area contributed by atoms with Gasteiger partial charge in [-0.15, -0.1) is 0 Å². The Labute approximate surface area is 188 Å². The van der Waals surface area contributed by atoms with Gasteiger partial charge in [-0.25, -0.2) is 8.78 Å². The minimum Gasteiger partial charge on any atom is -0.493 e. The molecule has 0 bridgehead atoms. The van der Waals surface area contributed by atoms with Crippen molar-refractivity contribution in [2.45, 2.75) is 19.6 Å². The van der Waals surface area contributed by atoms with Gasteiger partial charge in [-0.3, -0.25) is 0 Å². The summed E-state index contributed by atoms with van der Waals surface area (Å²) in [4.78, 5) is 0. The van der Waals surface area contributed by atoms with Gasteiger partial charge in [-0.05, 0) is 76.4 Å². The first-order valence-corrected chi connectivity index (χ1v) is 10.5. The van der Waals surface area contributed by atoms with Crippen LogP contribution in [0.5, 0.6) is 11.5 Å². The molecule has 3 aromatic carbocycles. The number of benzene rings is 3. The Morgan fingerprint density at radius 1 is 0.967 bits per heavy atom. The molecule has 158 valence electrons. The summed E-state index contributed by atoms with van der Waals surface area (Å²) in [6.45, 7) is 1.58. The maximum Gasteiger partial charge on any atom is 0.175 e. The highest BCUT2D eigenvalue weighted by Gasteiger charge is 2.13. The topological polar surface area (TPSA) is 30.5 Å². The lowest BCUT2D eigenvalue weighted by molar-refractivity contribution is 0.282. The first kappa shape index (κ1) is 22.5. The van der Waals surface area contributed by atoms with Crippen molar-refractivity contribution in [3.8, 4) is 11.5 Å². The fourth-order valence-electron chi connectivity index (χ4n) is 2.92. The molecule has 0 amide bonds. The molecule has 1 N–H and O–H groups in total. The van der Waals surface area contributed by atoms with Crippen molar-refractivity contribution < 1.29 is 18.3 Å². The second-order valence-electron chi connectivity index (χ2n) is 6.69. The lowest BCUT2D eigenvalue weighted by Gasteiger charge is -2.15. The predicted molar refractivity (Wildman–Crippen MR) is 118 cm³/mol. The minimum atomic E-state index is -0.390. The summed E-state index contributed by atoms with van der Waals surface area (Å²) < 4.78 is 38.3. The quantitative estimate of drug-likeness (QED) is 0.353. The largest absolute Gasteiger partial charge is 0.493 e. The third-order valence-electron chi connectivity index (χ3n) is 4.51. The molecule has 0 aliphatic heterocycles. The summed E-state index contributed by atoms with van der Waals surface area (Å²) in [5.74, 6) is 0.511. The zero-order valence-corrected chi connectivity index (χ0v) is 18.7. The van der Waals surface area contributed by atoms with Gasteiger partial charge in [-0.1, -0.05) is 29.8 Å². The van der Waals surface area contributed by atoms with Gasteiger partial charge in [0.2, 0.25) is 0 Å². The van der Waals surface area contributed by atoms with E-state index in [1.54, 1.807) is 25.3 Å². The standard InChI is InChI=1S/C23H21BrClF2NO2/c1-29-22-11-16(13-28-9-8-15-2-5-18(26)6-3-15)10-20(24)23(22)30-14-17-4-7-19(27)12-21(17)25/h2-7,10-12,28H,8-9,13-14H2,1H3. The Morgan fingerprint density at radius 2 is 1.70 bits per heavy atom. The molecule has 30 heavy (non-hydrogen) atoms. The van der Waals surface area contributed by atoms with Crippen molar-refractivity contribution in [1.82, 2.24) is 5.32 Å². The highest BCUT2D eigenvalue weighted by Crippen LogP contribution is 2.37. The normalized spacial score (nSPS) is 10.8. The maximum absolute atomic E-state index is 13.2. The number of hydrogen-bond acceptors (Lipinski definition) is 3. The van der Waals surface area contributed by atoms with Crippen molar-refractivity contribution in [2.24, 2.45) is 0 Å². The van der Waals surface area contributed by atoms with Crippen molar-refractivity contribution >= 4 is 27.5 Å². The Hall–Kier alpha value is -2.15. The highest BCUT2D eigenvalue weighted by atomic mass is 79.9. The Morgan fingerprint density at radius 3 is 2.40 bits per heavy atom. The molecule has 0 atom stereocenters. The summed E-state index contributed by atoms with van der Waals surface area (Å²) in [6, 6.07) is 14.6. The lowest BCUT2D eigenvalue weighted by atomic mass is 10.1. The van der Waals surface area contributed by atoms with E-state index in [9.17, 15) is 8.78 Å². The molecular weight excluding hydrogens is 476 g/mol. The summed E-state index contributed by atoms with van der Waals surface area (Å²) in [6.07, 6.45) is 0.804. The summed E-state index contributed by atoms with van der Waals surface area (Å²) in [7, 11) is 1.57. The molecule has 3 rings (SSSR count). The summed E-state index contributed by atoms with van der Waals surface area (Å²) >= 11 is 9.60. The van der Waals surface area contributed by atoms with Crippen LogP contribution in [0, 0.1) is 11.6 Å². The monoisotopic (exact) mass is 495 g/mol. The Balaban J connectivity index is 1.59. The molecule has 3 nitrogen and oxygen atoms in total. The van der Waals surface area contributed by atoms with Crippen molar-refractivity contribution in [2.75, 3.05) is 13.7 Å². The second-order valence-corrected chi connectivity index (χ2v) is 7.95. The van der Waals surface area contributed by atoms with Crippen LogP contribution in [0.2, 0.25) is 5.02 Å². The van der Waals surface area contributed by atoms with Crippen LogP contribution in [0.15, 0.2) is 59.1 Å². The fraction of sp³-hybridized carbons (Fsp3) is 0.217. The van der Waals surface area contributed by atoms with Crippen LogP contribution in [-0.4, -0.2) is 13.7 Å². The van der Waals surface area contributed by atoms with Crippen molar-refractivity contribution in [1.29, 1.82) is 0 Å². The molecule has 0 fully saturated rings. The van der Waals surface area contributed by atoms with Crippen LogP contribution in [-0.2, 0) is 19.6 Å². The molecular formula is C23H21BrClF2NO2. The second kappa shape index (κ2) is 10.8. The molecule has 0 aliphatic carbocycles. The smallest absolute Gasteiger partial charge is 0.175 e. The van der Waals surface area contributed by atoms with E-state index in [2.05, 4.69) is 21.2 Å². The zero-order chi connectivity index (χ0) is 21.5. The van der Waals surface area contributed by atoms with E-state index in [-0.39, 0.29) is 12.4 Å². The molecule has 3 aromatic rings. The van der Waals surface area contributed by atoms with Crippen molar-refractivity contribution in [3.63, 3.8) is 0 Å². The fourth-order valence-corrected chi connectivity index (χ4v) is 3.75. The van der Waals surface area contributed by atoms with Crippen LogP contribution in [0.3, 0.4) is 0 Å². The molecule has 0 spiro atoms. The molecule has 0 radical (unpaired) electrons. The van der Waals surface area contributed by atoms with Gasteiger partial charge in [0.05, 0.1) is 16.6 Å².